The van der Waals surface area contributed by atoms with Gasteiger partial charge in [-0.1, -0.05) is 0 Å². The van der Waals surface area contributed by atoms with E-state index in [0.717, 1.165) is 41.6 Å². The monoisotopic (exact) mass is 376 g/mol. The third-order valence-corrected chi connectivity index (χ3v) is 5.77. The number of hydrogen-bond acceptors (Lipinski definition) is 5. The number of carbonyl (C=O) groups is 1. The van der Waals surface area contributed by atoms with Gasteiger partial charge < -0.3 is 9.80 Å². The van der Waals surface area contributed by atoms with Crippen LogP contribution in [0.3, 0.4) is 0 Å². The molecule has 0 atom stereocenters. The molecule has 0 aliphatic carbocycles. The summed E-state index contributed by atoms with van der Waals surface area (Å²) < 4.78 is 1.82. The predicted octanol–water partition coefficient (Wildman–Crippen LogP) is 2.42. The SMILES string of the molecule is Cc1cc(C)c2c(n1)CN(C(=O)CC1CN(c3ccc4nc(C)cn4n3)C1)C2. The fraction of sp³-hybridized carbons (Fsp3) is 0.429. The lowest BCUT2D eigenvalue weighted by Crippen LogP contribution is -2.49. The molecule has 1 fully saturated rings. The zero-order valence-corrected chi connectivity index (χ0v) is 16.5. The van der Waals surface area contributed by atoms with Gasteiger partial charge in [0, 0.05) is 37.7 Å². The Balaban J connectivity index is 1.19. The van der Waals surface area contributed by atoms with E-state index < -0.39 is 0 Å². The number of aryl methyl sites for hydroxylation is 3. The third kappa shape index (κ3) is 2.91. The van der Waals surface area contributed by atoms with Gasteiger partial charge in [0.1, 0.15) is 5.82 Å². The summed E-state index contributed by atoms with van der Waals surface area (Å²) in [5, 5.41) is 4.63. The van der Waals surface area contributed by atoms with Gasteiger partial charge in [0.25, 0.3) is 0 Å². The van der Waals surface area contributed by atoms with E-state index in [4.69, 9.17) is 0 Å². The lowest BCUT2D eigenvalue weighted by atomic mass is 9.95. The van der Waals surface area contributed by atoms with Crippen LogP contribution in [0.2, 0.25) is 0 Å². The summed E-state index contributed by atoms with van der Waals surface area (Å²) in [5.41, 5.74) is 6.38. The first-order chi connectivity index (χ1) is 13.5. The molecule has 2 aliphatic rings. The molecule has 5 rings (SSSR count). The van der Waals surface area contributed by atoms with Crippen molar-refractivity contribution in [3.05, 3.63) is 52.6 Å². The molecule has 0 saturated carbocycles. The second kappa shape index (κ2) is 6.29. The van der Waals surface area contributed by atoms with E-state index in [9.17, 15) is 4.79 Å². The molecule has 0 radical (unpaired) electrons. The fourth-order valence-electron chi connectivity index (χ4n) is 4.31. The number of hydrogen-bond donors (Lipinski definition) is 0. The third-order valence-electron chi connectivity index (χ3n) is 5.77. The maximum absolute atomic E-state index is 12.8. The maximum atomic E-state index is 12.8. The molecule has 1 amide bonds. The van der Waals surface area contributed by atoms with Gasteiger partial charge in [0.05, 0.1) is 24.1 Å². The average Bonchev–Trinajstić information content (AvgIpc) is 3.19. The van der Waals surface area contributed by atoms with Gasteiger partial charge in [-0.2, -0.15) is 0 Å². The summed E-state index contributed by atoms with van der Waals surface area (Å²) in [6.45, 7) is 9.17. The number of amides is 1. The minimum atomic E-state index is 0.230. The Labute approximate surface area is 164 Å². The number of aromatic nitrogens is 4. The Kier molecular flexibility index (Phi) is 3.86. The first kappa shape index (κ1) is 17.2. The molecule has 144 valence electrons. The van der Waals surface area contributed by atoms with E-state index >= 15 is 0 Å². The number of pyridine rings is 1. The van der Waals surface area contributed by atoms with Gasteiger partial charge in [-0.25, -0.2) is 9.50 Å². The lowest BCUT2D eigenvalue weighted by Gasteiger charge is -2.40. The van der Waals surface area contributed by atoms with Gasteiger partial charge in [-0.3, -0.25) is 9.78 Å². The van der Waals surface area contributed by atoms with Crippen molar-refractivity contribution in [2.24, 2.45) is 5.92 Å². The molecule has 0 bridgehead atoms. The van der Waals surface area contributed by atoms with Crippen LogP contribution >= 0.6 is 0 Å². The summed E-state index contributed by atoms with van der Waals surface area (Å²) in [6, 6.07) is 6.10. The Morgan fingerprint density at radius 1 is 1.11 bits per heavy atom. The number of fused-ring (bicyclic) bond motifs is 2. The van der Waals surface area contributed by atoms with Crippen molar-refractivity contribution in [2.75, 3.05) is 18.0 Å². The lowest BCUT2D eigenvalue weighted by molar-refractivity contribution is -0.133. The first-order valence-electron chi connectivity index (χ1n) is 9.78. The van der Waals surface area contributed by atoms with Crippen LogP contribution in [-0.4, -0.2) is 43.5 Å². The van der Waals surface area contributed by atoms with Crippen LogP contribution in [0.5, 0.6) is 0 Å². The molecule has 1 saturated heterocycles. The molecular formula is C21H24N6O. The average molecular weight is 376 g/mol. The predicted molar refractivity (Wildman–Crippen MR) is 106 cm³/mol. The molecule has 7 nitrogen and oxygen atoms in total. The van der Waals surface area contributed by atoms with Crippen molar-refractivity contribution in [1.29, 1.82) is 0 Å². The minimum absolute atomic E-state index is 0.230. The molecule has 2 aliphatic heterocycles. The second-order valence-electron chi connectivity index (χ2n) is 8.11. The number of carbonyl (C=O) groups excluding carboxylic acids is 1. The molecular weight excluding hydrogens is 352 g/mol. The van der Waals surface area contributed by atoms with Crippen LogP contribution in [0.15, 0.2) is 24.4 Å². The van der Waals surface area contributed by atoms with Crippen molar-refractivity contribution >= 4 is 17.4 Å². The van der Waals surface area contributed by atoms with Gasteiger partial charge >= 0.3 is 0 Å². The van der Waals surface area contributed by atoms with Crippen LogP contribution < -0.4 is 4.90 Å². The molecule has 7 heteroatoms. The molecule has 5 heterocycles. The van der Waals surface area contributed by atoms with Crippen molar-refractivity contribution < 1.29 is 4.79 Å². The normalized spacial score (nSPS) is 16.5. The highest BCUT2D eigenvalue weighted by atomic mass is 16.2. The molecule has 3 aromatic heterocycles. The van der Waals surface area contributed by atoms with Gasteiger partial charge in [-0.05, 0) is 50.1 Å². The number of rotatable bonds is 3. The van der Waals surface area contributed by atoms with Crippen molar-refractivity contribution in [3.63, 3.8) is 0 Å². The highest BCUT2D eigenvalue weighted by molar-refractivity contribution is 5.77. The number of nitrogens with zero attached hydrogens (tertiary/aromatic N) is 6. The van der Waals surface area contributed by atoms with Crippen molar-refractivity contribution in [3.8, 4) is 0 Å². The fourth-order valence-corrected chi connectivity index (χ4v) is 4.31. The Morgan fingerprint density at radius 3 is 2.75 bits per heavy atom. The summed E-state index contributed by atoms with van der Waals surface area (Å²) >= 11 is 0. The first-order valence-corrected chi connectivity index (χ1v) is 9.78. The second-order valence-corrected chi connectivity index (χ2v) is 8.11. The standard InChI is InChI=1S/C21H24N6O/c1-13-6-14(2)22-18-12-26(11-17(13)18)21(28)7-16-9-25(10-16)20-5-4-19-23-15(3)8-27(19)24-20/h4-6,8,16H,7,9-12H2,1-3H3. The summed E-state index contributed by atoms with van der Waals surface area (Å²) in [4.78, 5) is 26.0. The van der Waals surface area contributed by atoms with E-state index in [-0.39, 0.29) is 5.91 Å². The quantitative estimate of drug-likeness (QED) is 0.702. The van der Waals surface area contributed by atoms with Gasteiger partial charge in [0.15, 0.2) is 5.65 Å². The smallest absolute Gasteiger partial charge is 0.223 e. The number of anilines is 1. The largest absolute Gasteiger partial charge is 0.354 e. The molecule has 3 aromatic rings. The van der Waals surface area contributed by atoms with Gasteiger partial charge in [0.2, 0.25) is 5.91 Å². The van der Waals surface area contributed by atoms with Crippen LogP contribution in [0.1, 0.15) is 34.6 Å². The van der Waals surface area contributed by atoms with Crippen molar-refractivity contribution in [1.82, 2.24) is 24.5 Å². The zero-order chi connectivity index (χ0) is 19.4. The number of imidazole rings is 1. The summed E-state index contributed by atoms with van der Waals surface area (Å²) in [5.74, 6) is 1.56. The molecule has 0 N–H and O–H groups in total. The molecule has 0 spiro atoms. The Hall–Kier alpha value is -2.96. The minimum Gasteiger partial charge on any atom is -0.354 e. The Bertz CT molecular complexity index is 1080. The van der Waals surface area contributed by atoms with E-state index in [0.29, 0.717) is 25.4 Å². The van der Waals surface area contributed by atoms with E-state index in [1.165, 1.54) is 11.1 Å². The molecule has 0 unspecified atom stereocenters. The van der Waals surface area contributed by atoms with E-state index in [1.807, 2.05) is 41.6 Å². The topological polar surface area (TPSA) is 66.6 Å². The summed E-state index contributed by atoms with van der Waals surface area (Å²) in [6.07, 6.45) is 2.53. The maximum Gasteiger partial charge on any atom is 0.223 e. The molecule has 28 heavy (non-hydrogen) atoms. The van der Waals surface area contributed by atoms with Crippen molar-refractivity contribution in [2.45, 2.75) is 40.3 Å². The summed E-state index contributed by atoms with van der Waals surface area (Å²) in [7, 11) is 0. The van der Waals surface area contributed by atoms with E-state index in [2.05, 4.69) is 33.0 Å². The zero-order valence-electron chi connectivity index (χ0n) is 16.5. The van der Waals surface area contributed by atoms with E-state index in [1.54, 1.807) is 0 Å². The van der Waals surface area contributed by atoms with Crippen LogP contribution in [0.4, 0.5) is 5.82 Å². The van der Waals surface area contributed by atoms with Crippen LogP contribution in [-0.2, 0) is 17.9 Å². The van der Waals surface area contributed by atoms with Crippen LogP contribution in [0.25, 0.3) is 5.65 Å². The highest BCUT2D eigenvalue weighted by Crippen LogP contribution is 2.29. The highest BCUT2D eigenvalue weighted by Gasteiger charge is 2.33. The Morgan fingerprint density at radius 2 is 1.93 bits per heavy atom. The molecule has 0 aromatic carbocycles. The van der Waals surface area contributed by atoms with Crippen LogP contribution in [0, 0.1) is 26.7 Å². The van der Waals surface area contributed by atoms with Gasteiger partial charge in [-0.15, -0.1) is 5.10 Å².